The molecule has 0 heterocycles. The van der Waals surface area contributed by atoms with E-state index in [2.05, 4.69) is 15.9 Å². The van der Waals surface area contributed by atoms with Crippen LogP contribution in [0.25, 0.3) is 0 Å². The summed E-state index contributed by atoms with van der Waals surface area (Å²) < 4.78 is 13.7. The molecule has 1 aromatic rings. The highest BCUT2D eigenvalue weighted by atomic mass is 79.9. The van der Waals surface area contributed by atoms with Gasteiger partial charge in [0, 0.05) is 5.88 Å². The minimum atomic E-state index is -0.197. The van der Waals surface area contributed by atoms with Crippen LogP contribution in [0.5, 0.6) is 0 Å². The lowest BCUT2D eigenvalue weighted by molar-refractivity contribution is 0.369. The first kappa shape index (κ1) is 13.4. The molecule has 1 aliphatic rings. The van der Waals surface area contributed by atoms with Crippen molar-refractivity contribution in [2.24, 2.45) is 11.8 Å². The number of hydrogen-bond donors (Lipinski definition) is 0. The van der Waals surface area contributed by atoms with Crippen molar-refractivity contribution in [1.29, 1.82) is 0 Å². The summed E-state index contributed by atoms with van der Waals surface area (Å²) in [5, 5.41) is 0. The normalized spacial score (nSPS) is 18.5. The highest BCUT2D eigenvalue weighted by Gasteiger charge is 2.24. The Balaban J connectivity index is 2.04. The molecule has 0 nitrogen and oxygen atoms in total. The molecule has 3 heteroatoms. The van der Waals surface area contributed by atoms with Gasteiger partial charge < -0.3 is 0 Å². The maximum Gasteiger partial charge on any atom is 0.137 e. The van der Waals surface area contributed by atoms with E-state index >= 15 is 0 Å². The molecular weight excluding hydrogens is 303 g/mol. The van der Waals surface area contributed by atoms with E-state index in [4.69, 9.17) is 11.6 Å². The molecule has 0 aromatic heterocycles. The molecule has 1 fully saturated rings. The Morgan fingerprint density at radius 2 is 2.06 bits per heavy atom. The lowest BCUT2D eigenvalue weighted by Gasteiger charge is -2.21. The van der Waals surface area contributed by atoms with Crippen LogP contribution in [-0.2, 0) is 6.42 Å². The number of benzene rings is 1. The van der Waals surface area contributed by atoms with E-state index in [1.54, 1.807) is 0 Å². The lowest BCUT2D eigenvalue weighted by Crippen LogP contribution is -2.16. The third-order valence-corrected chi connectivity index (χ3v) is 4.75. The van der Waals surface area contributed by atoms with Gasteiger partial charge in [0.25, 0.3) is 0 Å². The Morgan fingerprint density at radius 3 is 2.65 bits per heavy atom. The fourth-order valence-corrected chi connectivity index (χ4v) is 3.53. The Labute approximate surface area is 116 Å². The van der Waals surface area contributed by atoms with Gasteiger partial charge in [-0.15, -0.1) is 11.6 Å². The second-order valence-electron chi connectivity index (χ2n) is 4.91. The molecule has 1 saturated carbocycles. The van der Waals surface area contributed by atoms with Crippen molar-refractivity contribution >= 4 is 27.5 Å². The number of hydrogen-bond acceptors (Lipinski definition) is 0. The van der Waals surface area contributed by atoms with Crippen LogP contribution in [0.2, 0.25) is 0 Å². The summed E-state index contributed by atoms with van der Waals surface area (Å²) in [6, 6.07) is 5.28. The second-order valence-corrected chi connectivity index (χ2v) is 6.07. The van der Waals surface area contributed by atoms with Crippen LogP contribution in [0.15, 0.2) is 22.7 Å². The topological polar surface area (TPSA) is 0 Å². The van der Waals surface area contributed by atoms with E-state index in [9.17, 15) is 4.39 Å². The molecule has 0 bridgehead atoms. The van der Waals surface area contributed by atoms with Gasteiger partial charge in [0.05, 0.1) is 4.47 Å². The fraction of sp³-hybridized carbons (Fsp3) is 0.571. The largest absolute Gasteiger partial charge is 0.206 e. The zero-order valence-corrected chi connectivity index (χ0v) is 12.1. The van der Waals surface area contributed by atoms with E-state index < -0.39 is 0 Å². The van der Waals surface area contributed by atoms with Gasteiger partial charge in [-0.25, -0.2) is 4.39 Å². The SMILES string of the molecule is Fc1ccc(CC(CCl)C2CCCC2)cc1Br. The third kappa shape index (κ3) is 3.45. The highest BCUT2D eigenvalue weighted by molar-refractivity contribution is 9.10. The van der Waals surface area contributed by atoms with E-state index in [0.717, 1.165) is 12.3 Å². The molecule has 1 aromatic carbocycles. The molecule has 1 atom stereocenters. The summed E-state index contributed by atoms with van der Waals surface area (Å²) in [4.78, 5) is 0. The van der Waals surface area contributed by atoms with Crippen molar-refractivity contribution in [2.45, 2.75) is 32.1 Å². The zero-order chi connectivity index (χ0) is 12.3. The van der Waals surface area contributed by atoms with Crippen molar-refractivity contribution in [3.63, 3.8) is 0 Å². The third-order valence-electron chi connectivity index (χ3n) is 3.75. The maximum atomic E-state index is 13.1. The molecular formula is C14H17BrClF. The van der Waals surface area contributed by atoms with Crippen LogP contribution in [0.4, 0.5) is 4.39 Å². The molecule has 0 spiro atoms. The molecule has 2 rings (SSSR count). The van der Waals surface area contributed by atoms with Gasteiger partial charge in [-0.1, -0.05) is 31.7 Å². The van der Waals surface area contributed by atoms with E-state index in [1.807, 2.05) is 12.1 Å². The predicted molar refractivity (Wildman–Crippen MR) is 74.0 cm³/mol. The average Bonchev–Trinajstić information content (AvgIpc) is 2.84. The van der Waals surface area contributed by atoms with Gasteiger partial charge in [-0.05, 0) is 51.9 Å². The quantitative estimate of drug-likeness (QED) is 0.671. The Kier molecular flexibility index (Phi) is 4.87. The van der Waals surface area contributed by atoms with E-state index in [-0.39, 0.29) is 5.82 Å². The van der Waals surface area contributed by atoms with Crippen molar-refractivity contribution in [3.05, 3.63) is 34.1 Å². The summed E-state index contributed by atoms with van der Waals surface area (Å²) in [5.74, 6) is 1.81. The average molecular weight is 320 g/mol. The standard InChI is InChI=1S/C14H17BrClF/c15-13-8-10(5-6-14(13)17)7-12(9-16)11-3-1-2-4-11/h5-6,8,11-12H,1-4,7,9H2. The molecule has 1 unspecified atom stereocenters. The van der Waals surface area contributed by atoms with Crippen LogP contribution in [-0.4, -0.2) is 5.88 Å². The molecule has 1 aliphatic carbocycles. The minimum absolute atomic E-state index is 0.197. The van der Waals surface area contributed by atoms with Crippen molar-refractivity contribution < 1.29 is 4.39 Å². The van der Waals surface area contributed by atoms with Gasteiger partial charge in [-0.2, -0.15) is 0 Å². The first-order chi connectivity index (χ1) is 8.20. The summed E-state index contributed by atoms with van der Waals surface area (Å²) in [5.41, 5.74) is 1.18. The molecule has 0 aliphatic heterocycles. The first-order valence-electron chi connectivity index (χ1n) is 6.20. The summed E-state index contributed by atoms with van der Waals surface area (Å²) in [6.07, 6.45) is 6.25. The van der Waals surface area contributed by atoms with Gasteiger partial charge in [-0.3, -0.25) is 0 Å². The molecule has 0 amide bonds. The molecule has 0 saturated heterocycles. The predicted octanol–water partition coefficient (Wildman–Crippen LogP) is 5.18. The van der Waals surface area contributed by atoms with Crippen molar-refractivity contribution in [3.8, 4) is 0 Å². The van der Waals surface area contributed by atoms with Crippen LogP contribution in [0, 0.1) is 17.7 Å². The van der Waals surface area contributed by atoms with Gasteiger partial charge in [0.15, 0.2) is 0 Å². The monoisotopic (exact) mass is 318 g/mol. The van der Waals surface area contributed by atoms with Gasteiger partial charge in [0.2, 0.25) is 0 Å². The molecule has 0 radical (unpaired) electrons. The molecule has 0 N–H and O–H groups in total. The Bertz CT molecular complexity index is 374. The van der Waals surface area contributed by atoms with E-state index in [1.165, 1.54) is 37.3 Å². The van der Waals surface area contributed by atoms with Crippen LogP contribution >= 0.6 is 27.5 Å². The van der Waals surface area contributed by atoms with Crippen molar-refractivity contribution in [1.82, 2.24) is 0 Å². The number of halogens is 3. The smallest absolute Gasteiger partial charge is 0.137 e. The first-order valence-corrected chi connectivity index (χ1v) is 7.53. The zero-order valence-electron chi connectivity index (χ0n) is 9.76. The summed E-state index contributed by atoms with van der Waals surface area (Å²) in [6.45, 7) is 0. The summed E-state index contributed by atoms with van der Waals surface area (Å²) >= 11 is 9.32. The van der Waals surface area contributed by atoms with Crippen molar-refractivity contribution in [2.75, 3.05) is 5.88 Å². The van der Waals surface area contributed by atoms with Crippen LogP contribution in [0.3, 0.4) is 0 Å². The van der Waals surface area contributed by atoms with Gasteiger partial charge in [0.1, 0.15) is 5.82 Å². The maximum absolute atomic E-state index is 13.1. The lowest BCUT2D eigenvalue weighted by atomic mass is 9.87. The van der Waals surface area contributed by atoms with Crippen LogP contribution < -0.4 is 0 Å². The minimum Gasteiger partial charge on any atom is -0.206 e. The molecule has 17 heavy (non-hydrogen) atoms. The van der Waals surface area contributed by atoms with Gasteiger partial charge >= 0.3 is 0 Å². The fourth-order valence-electron chi connectivity index (χ4n) is 2.75. The summed E-state index contributed by atoms with van der Waals surface area (Å²) in [7, 11) is 0. The Morgan fingerprint density at radius 1 is 1.35 bits per heavy atom. The number of rotatable bonds is 4. The Hall–Kier alpha value is -0.0800. The van der Waals surface area contributed by atoms with E-state index in [0.29, 0.717) is 16.3 Å². The van der Waals surface area contributed by atoms with Crippen LogP contribution in [0.1, 0.15) is 31.2 Å². The highest BCUT2D eigenvalue weighted by Crippen LogP contribution is 2.34. The second kappa shape index (κ2) is 6.19. The molecule has 94 valence electrons. The number of alkyl halides is 1.